The Morgan fingerprint density at radius 1 is 1.36 bits per heavy atom. The fourth-order valence-electron chi connectivity index (χ4n) is 2.26. The molecule has 118 valence electrons. The van der Waals surface area contributed by atoms with Crippen molar-refractivity contribution in [2.24, 2.45) is 0 Å². The summed E-state index contributed by atoms with van der Waals surface area (Å²) in [6.45, 7) is 4.84. The summed E-state index contributed by atoms with van der Waals surface area (Å²) < 4.78 is 15.8. The Morgan fingerprint density at radius 2 is 2.14 bits per heavy atom. The number of rotatable bonds is 6. The molecule has 22 heavy (non-hydrogen) atoms. The molecule has 0 aliphatic heterocycles. The molecule has 2 rings (SSSR count). The summed E-state index contributed by atoms with van der Waals surface area (Å²) in [5.74, 6) is 0.529. The van der Waals surface area contributed by atoms with Gasteiger partial charge in [0.25, 0.3) is 0 Å². The molecular formula is C17H21NO4. The Hall–Kier alpha value is -2.27. The Morgan fingerprint density at radius 3 is 2.82 bits per heavy atom. The van der Waals surface area contributed by atoms with Crippen molar-refractivity contribution in [3.63, 3.8) is 0 Å². The van der Waals surface area contributed by atoms with E-state index in [2.05, 4.69) is 5.32 Å². The van der Waals surface area contributed by atoms with Crippen molar-refractivity contribution in [3.05, 3.63) is 35.6 Å². The van der Waals surface area contributed by atoms with Crippen LogP contribution in [0.25, 0.3) is 16.5 Å². The van der Waals surface area contributed by atoms with Gasteiger partial charge < -0.3 is 19.2 Å². The van der Waals surface area contributed by atoms with Crippen LogP contribution < -0.4 is 10.1 Å². The average Bonchev–Trinajstić information content (AvgIpc) is 2.86. The second-order valence-corrected chi connectivity index (χ2v) is 5.08. The molecular weight excluding hydrogens is 282 g/mol. The van der Waals surface area contributed by atoms with Gasteiger partial charge >= 0.3 is 0 Å². The van der Waals surface area contributed by atoms with E-state index in [4.69, 9.17) is 13.9 Å². The number of aryl methyl sites for hydroxylation is 1. The third-order valence-electron chi connectivity index (χ3n) is 3.47. The zero-order valence-corrected chi connectivity index (χ0v) is 13.4. The van der Waals surface area contributed by atoms with Gasteiger partial charge in [-0.05, 0) is 31.1 Å². The summed E-state index contributed by atoms with van der Waals surface area (Å²) >= 11 is 0. The van der Waals surface area contributed by atoms with E-state index in [1.54, 1.807) is 26.6 Å². The number of furan rings is 1. The molecule has 0 unspecified atom stereocenters. The molecule has 0 radical (unpaired) electrons. The van der Waals surface area contributed by atoms with Gasteiger partial charge in [0.2, 0.25) is 5.91 Å². The molecule has 5 nitrogen and oxygen atoms in total. The van der Waals surface area contributed by atoms with Crippen LogP contribution in [0.1, 0.15) is 18.1 Å². The first-order valence-electron chi connectivity index (χ1n) is 7.08. The normalized spacial score (nSPS) is 11.7. The second kappa shape index (κ2) is 7.13. The number of hydrogen-bond donors (Lipinski definition) is 1. The molecule has 0 aliphatic rings. The minimum Gasteiger partial charge on any atom is -0.496 e. The van der Waals surface area contributed by atoms with Crippen molar-refractivity contribution in [2.75, 3.05) is 27.4 Å². The number of methoxy groups -OCH3 is 2. The van der Waals surface area contributed by atoms with Crippen molar-refractivity contribution in [2.45, 2.75) is 13.8 Å². The van der Waals surface area contributed by atoms with Crippen LogP contribution in [0.2, 0.25) is 0 Å². The molecule has 1 aromatic heterocycles. The van der Waals surface area contributed by atoms with E-state index in [-0.39, 0.29) is 5.91 Å². The molecule has 1 N–H and O–H groups in total. The van der Waals surface area contributed by atoms with Crippen LogP contribution in [0, 0.1) is 6.92 Å². The molecule has 5 heteroatoms. The smallest absolute Gasteiger partial charge is 0.244 e. The standard InChI is InChI=1S/C17H21NO4/c1-11(7-17(19)18-5-6-20-3)13-8-14-12(2)10-22-16(14)9-15(13)21-4/h7-10H,5-6H2,1-4H3,(H,18,19)/b11-7+. The molecule has 0 aliphatic carbocycles. The van der Waals surface area contributed by atoms with E-state index in [1.165, 1.54) is 0 Å². The van der Waals surface area contributed by atoms with Crippen LogP contribution in [0.3, 0.4) is 0 Å². The molecule has 2 aromatic rings. The largest absolute Gasteiger partial charge is 0.496 e. The van der Waals surface area contributed by atoms with Gasteiger partial charge in [-0.25, -0.2) is 0 Å². The Bertz CT molecular complexity index is 700. The fraction of sp³-hybridized carbons (Fsp3) is 0.353. The average molecular weight is 303 g/mol. The van der Waals surface area contributed by atoms with Gasteiger partial charge in [-0.1, -0.05) is 0 Å². The number of carbonyl (C=O) groups is 1. The lowest BCUT2D eigenvalue weighted by Gasteiger charge is -2.10. The minimum atomic E-state index is -0.152. The minimum absolute atomic E-state index is 0.152. The van der Waals surface area contributed by atoms with Crippen LogP contribution in [-0.4, -0.2) is 33.3 Å². The Balaban J connectivity index is 2.31. The van der Waals surface area contributed by atoms with E-state index in [0.29, 0.717) is 18.9 Å². The third kappa shape index (κ3) is 3.49. The van der Waals surface area contributed by atoms with Gasteiger partial charge in [0.05, 0.1) is 20.0 Å². The fourth-order valence-corrected chi connectivity index (χ4v) is 2.26. The third-order valence-corrected chi connectivity index (χ3v) is 3.47. The molecule has 0 saturated heterocycles. The predicted octanol–water partition coefficient (Wildman–Crippen LogP) is 2.92. The number of allylic oxidation sites excluding steroid dienone is 1. The van der Waals surface area contributed by atoms with E-state index in [0.717, 1.165) is 27.7 Å². The summed E-state index contributed by atoms with van der Waals surface area (Å²) in [5.41, 5.74) is 3.53. The molecule has 0 spiro atoms. The van der Waals surface area contributed by atoms with Crippen LogP contribution in [0.15, 0.2) is 28.9 Å². The summed E-state index contributed by atoms with van der Waals surface area (Å²) in [6, 6.07) is 3.83. The molecule has 0 fully saturated rings. The molecule has 0 saturated carbocycles. The number of ether oxygens (including phenoxy) is 2. The zero-order valence-electron chi connectivity index (χ0n) is 13.4. The summed E-state index contributed by atoms with van der Waals surface area (Å²) in [7, 11) is 3.20. The van der Waals surface area contributed by atoms with Gasteiger partial charge in [0.15, 0.2) is 0 Å². The first-order chi connectivity index (χ1) is 10.6. The summed E-state index contributed by atoms with van der Waals surface area (Å²) in [5, 5.41) is 3.78. The lowest BCUT2D eigenvalue weighted by molar-refractivity contribution is -0.116. The van der Waals surface area contributed by atoms with E-state index >= 15 is 0 Å². The highest BCUT2D eigenvalue weighted by molar-refractivity contribution is 5.97. The molecule has 1 amide bonds. The number of nitrogens with one attached hydrogen (secondary N) is 1. The van der Waals surface area contributed by atoms with Crippen LogP contribution in [0.4, 0.5) is 0 Å². The Labute approximate surface area is 129 Å². The quantitative estimate of drug-likeness (QED) is 0.658. The maximum absolute atomic E-state index is 11.9. The van der Waals surface area contributed by atoms with Crippen molar-refractivity contribution in [3.8, 4) is 5.75 Å². The lowest BCUT2D eigenvalue weighted by Crippen LogP contribution is -2.25. The molecule has 1 aromatic carbocycles. The van der Waals surface area contributed by atoms with E-state index < -0.39 is 0 Å². The summed E-state index contributed by atoms with van der Waals surface area (Å²) in [4.78, 5) is 11.9. The van der Waals surface area contributed by atoms with Crippen molar-refractivity contribution in [1.29, 1.82) is 0 Å². The molecule has 0 bridgehead atoms. The molecule has 1 heterocycles. The maximum atomic E-state index is 11.9. The second-order valence-electron chi connectivity index (χ2n) is 5.08. The highest BCUT2D eigenvalue weighted by Crippen LogP contribution is 2.33. The van der Waals surface area contributed by atoms with Gasteiger partial charge in [0.1, 0.15) is 11.3 Å². The van der Waals surface area contributed by atoms with Gasteiger partial charge in [-0.15, -0.1) is 0 Å². The Kier molecular flexibility index (Phi) is 5.22. The van der Waals surface area contributed by atoms with Crippen molar-refractivity contribution < 1.29 is 18.7 Å². The number of carbonyl (C=O) groups excluding carboxylic acids is 1. The van der Waals surface area contributed by atoms with Gasteiger partial charge in [-0.2, -0.15) is 0 Å². The van der Waals surface area contributed by atoms with Gasteiger partial charge in [0, 0.05) is 36.7 Å². The van der Waals surface area contributed by atoms with Crippen LogP contribution >= 0.6 is 0 Å². The summed E-state index contributed by atoms with van der Waals surface area (Å²) in [6.07, 6.45) is 3.28. The first-order valence-corrected chi connectivity index (χ1v) is 7.08. The number of amides is 1. The zero-order chi connectivity index (χ0) is 16.1. The van der Waals surface area contributed by atoms with Crippen molar-refractivity contribution >= 4 is 22.4 Å². The maximum Gasteiger partial charge on any atom is 0.244 e. The van der Waals surface area contributed by atoms with Crippen LogP contribution in [0.5, 0.6) is 5.75 Å². The van der Waals surface area contributed by atoms with E-state index in [9.17, 15) is 4.79 Å². The SMILES string of the molecule is COCCNC(=O)/C=C(\C)c1cc2c(C)coc2cc1OC. The first kappa shape index (κ1) is 16.1. The lowest BCUT2D eigenvalue weighted by atomic mass is 10.0. The predicted molar refractivity (Wildman–Crippen MR) is 86.0 cm³/mol. The van der Waals surface area contributed by atoms with Crippen molar-refractivity contribution in [1.82, 2.24) is 5.32 Å². The monoisotopic (exact) mass is 303 g/mol. The molecule has 0 atom stereocenters. The topological polar surface area (TPSA) is 60.7 Å². The van der Waals surface area contributed by atoms with E-state index in [1.807, 2.05) is 26.0 Å². The van der Waals surface area contributed by atoms with Crippen LogP contribution in [-0.2, 0) is 9.53 Å². The highest BCUT2D eigenvalue weighted by Gasteiger charge is 2.12. The number of fused-ring (bicyclic) bond motifs is 1. The number of benzene rings is 1. The number of hydrogen-bond acceptors (Lipinski definition) is 4. The van der Waals surface area contributed by atoms with Gasteiger partial charge in [-0.3, -0.25) is 4.79 Å². The highest BCUT2D eigenvalue weighted by atomic mass is 16.5.